The molecule has 3 aromatic rings. The van der Waals surface area contributed by atoms with Gasteiger partial charge in [0.15, 0.2) is 5.13 Å². The fraction of sp³-hybridized carbons (Fsp3) is 0.462. The molecular formula is C26H35ClN4O3S3. The first kappa shape index (κ1) is 29.9. The first-order valence-corrected chi connectivity index (χ1v) is 15.7. The number of rotatable bonds is 9. The minimum absolute atomic E-state index is 0. The molecule has 1 aliphatic carbocycles. The van der Waals surface area contributed by atoms with Gasteiger partial charge in [0.1, 0.15) is 0 Å². The van der Waals surface area contributed by atoms with Gasteiger partial charge in [0.2, 0.25) is 10.0 Å². The van der Waals surface area contributed by atoms with Crippen molar-refractivity contribution in [2.45, 2.75) is 47.9 Å². The van der Waals surface area contributed by atoms with Crippen molar-refractivity contribution < 1.29 is 13.2 Å². The summed E-state index contributed by atoms with van der Waals surface area (Å²) in [6.07, 6.45) is 7.10. The van der Waals surface area contributed by atoms with E-state index in [9.17, 15) is 13.2 Å². The number of sulfonamides is 1. The number of hydrogen-bond donors (Lipinski definition) is 0. The number of carbonyl (C=O) groups excluding carboxylic acids is 1. The number of likely N-dealkylation sites (N-methyl/N-ethyl adjacent to an activating group) is 1. The number of para-hydroxylation sites is 1. The fourth-order valence-electron chi connectivity index (χ4n) is 4.51. The standard InChI is InChI=1S/C26H34N4O3S3.ClH/c1-28(2)17-18-30(26-27-24-22(34-4)11-8-12-23(24)35-26)25(31)19-13-15-21(16-14-19)36(32,33)29(3)20-9-6-5-7-10-20;/h8,11-16,20H,5-7,9-10,17-18H2,1-4H3;1H. The van der Waals surface area contributed by atoms with E-state index < -0.39 is 10.0 Å². The Morgan fingerprint density at radius 2 is 1.70 bits per heavy atom. The number of halogens is 1. The van der Waals surface area contributed by atoms with E-state index in [0.717, 1.165) is 40.8 Å². The van der Waals surface area contributed by atoms with Gasteiger partial charge in [0.25, 0.3) is 5.91 Å². The number of benzene rings is 2. The third kappa shape index (κ3) is 6.66. The predicted molar refractivity (Wildman–Crippen MR) is 157 cm³/mol. The number of amides is 1. The first-order chi connectivity index (χ1) is 17.2. The Balaban J connectivity index is 0.00000380. The molecule has 0 saturated heterocycles. The molecule has 202 valence electrons. The SMILES string of the molecule is CSc1cccc2sc(N(CCN(C)C)C(=O)c3ccc(S(=O)(=O)N(C)C4CCCCC4)cc3)nc12.Cl. The molecule has 1 aliphatic rings. The molecule has 0 radical (unpaired) electrons. The lowest BCUT2D eigenvalue weighted by Gasteiger charge is -2.30. The molecule has 0 N–H and O–H groups in total. The van der Waals surface area contributed by atoms with Gasteiger partial charge >= 0.3 is 0 Å². The lowest BCUT2D eigenvalue weighted by atomic mass is 9.96. The molecule has 11 heteroatoms. The molecule has 1 aromatic heterocycles. The first-order valence-electron chi connectivity index (χ1n) is 12.2. The van der Waals surface area contributed by atoms with Crippen molar-refractivity contribution >= 4 is 66.8 Å². The zero-order valence-corrected chi connectivity index (χ0v) is 25.0. The molecule has 0 atom stereocenters. The van der Waals surface area contributed by atoms with Crippen LogP contribution in [0.2, 0.25) is 0 Å². The van der Waals surface area contributed by atoms with Crippen molar-refractivity contribution in [1.82, 2.24) is 14.2 Å². The van der Waals surface area contributed by atoms with Crippen LogP contribution in [0.4, 0.5) is 5.13 Å². The summed E-state index contributed by atoms with van der Waals surface area (Å²) in [5, 5.41) is 0.645. The summed E-state index contributed by atoms with van der Waals surface area (Å²) in [6, 6.07) is 12.4. The van der Waals surface area contributed by atoms with Gasteiger partial charge in [-0.3, -0.25) is 9.69 Å². The fourth-order valence-corrected chi connectivity index (χ4v) is 7.57. The lowest BCUT2D eigenvalue weighted by Crippen LogP contribution is -2.38. The minimum atomic E-state index is -3.61. The molecule has 0 spiro atoms. The molecule has 0 unspecified atom stereocenters. The van der Waals surface area contributed by atoms with Crippen molar-refractivity contribution in [3.8, 4) is 0 Å². The Hall–Kier alpha value is -1.69. The molecule has 2 aromatic carbocycles. The van der Waals surface area contributed by atoms with Crippen LogP contribution in [0.5, 0.6) is 0 Å². The molecule has 1 fully saturated rings. The summed E-state index contributed by atoms with van der Waals surface area (Å²) in [7, 11) is 1.99. The van der Waals surface area contributed by atoms with Crippen LogP contribution in [0.15, 0.2) is 52.3 Å². The second-order valence-corrected chi connectivity index (χ2v) is 13.3. The third-order valence-corrected chi connectivity index (χ3v) is 10.4. The third-order valence-electron chi connectivity index (χ3n) is 6.70. The maximum absolute atomic E-state index is 13.6. The minimum Gasteiger partial charge on any atom is -0.308 e. The highest BCUT2D eigenvalue weighted by Crippen LogP contribution is 2.35. The van der Waals surface area contributed by atoms with E-state index >= 15 is 0 Å². The van der Waals surface area contributed by atoms with Crippen LogP contribution in [0.3, 0.4) is 0 Å². The summed E-state index contributed by atoms with van der Waals surface area (Å²) in [4.78, 5) is 23.5. The van der Waals surface area contributed by atoms with Gasteiger partial charge in [-0.05, 0) is 69.6 Å². The van der Waals surface area contributed by atoms with Crippen LogP contribution in [0.25, 0.3) is 10.2 Å². The van der Waals surface area contributed by atoms with Crippen molar-refractivity contribution in [1.29, 1.82) is 0 Å². The van der Waals surface area contributed by atoms with Crippen LogP contribution in [-0.2, 0) is 10.0 Å². The Kier molecular flexibility index (Phi) is 10.4. The largest absolute Gasteiger partial charge is 0.308 e. The van der Waals surface area contributed by atoms with Crippen molar-refractivity contribution in [2.24, 2.45) is 0 Å². The van der Waals surface area contributed by atoms with Gasteiger partial charge in [0.05, 0.1) is 15.1 Å². The Labute approximate surface area is 234 Å². The molecule has 1 amide bonds. The van der Waals surface area contributed by atoms with E-state index in [0.29, 0.717) is 23.8 Å². The van der Waals surface area contributed by atoms with E-state index in [4.69, 9.17) is 4.98 Å². The molecule has 4 rings (SSSR count). The van der Waals surface area contributed by atoms with E-state index in [1.54, 1.807) is 48.0 Å². The number of thioether (sulfide) groups is 1. The highest BCUT2D eigenvalue weighted by Gasteiger charge is 2.29. The summed E-state index contributed by atoms with van der Waals surface area (Å²) in [6.45, 7) is 1.15. The number of anilines is 1. The normalized spacial score (nSPS) is 14.8. The van der Waals surface area contributed by atoms with E-state index in [2.05, 4.69) is 0 Å². The number of hydrogen-bond acceptors (Lipinski definition) is 7. The van der Waals surface area contributed by atoms with Crippen molar-refractivity contribution in [3.63, 3.8) is 0 Å². The molecule has 0 bridgehead atoms. The Morgan fingerprint density at radius 1 is 1.03 bits per heavy atom. The van der Waals surface area contributed by atoms with Gasteiger partial charge < -0.3 is 4.90 Å². The maximum Gasteiger partial charge on any atom is 0.260 e. The van der Waals surface area contributed by atoms with Gasteiger partial charge in [-0.1, -0.05) is 36.7 Å². The van der Waals surface area contributed by atoms with Gasteiger partial charge in [-0.2, -0.15) is 4.31 Å². The highest BCUT2D eigenvalue weighted by molar-refractivity contribution is 7.98. The average molecular weight is 583 g/mol. The van der Waals surface area contributed by atoms with E-state index in [1.165, 1.54) is 22.1 Å². The van der Waals surface area contributed by atoms with E-state index in [-0.39, 0.29) is 29.3 Å². The van der Waals surface area contributed by atoms with Crippen LogP contribution in [0.1, 0.15) is 42.5 Å². The number of thiazole rings is 1. The quantitative estimate of drug-likeness (QED) is 0.306. The summed E-state index contributed by atoms with van der Waals surface area (Å²) < 4.78 is 29.0. The zero-order chi connectivity index (χ0) is 25.9. The Bertz CT molecular complexity index is 1310. The molecule has 1 heterocycles. The van der Waals surface area contributed by atoms with Gasteiger partial charge in [-0.25, -0.2) is 13.4 Å². The number of carbonyl (C=O) groups is 1. The lowest BCUT2D eigenvalue weighted by molar-refractivity contribution is 0.0985. The molecule has 7 nitrogen and oxygen atoms in total. The maximum atomic E-state index is 13.6. The molecule has 37 heavy (non-hydrogen) atoms. The summed E-state index contributed by atoms with van der Waals surface area (Å²) in [5.74, 6) is -0.189. The number of nitrogens with zero attached hydrogens (tertiary/aromatic N) is 4. The molecule has 1 saturated carbocycles. The van der Waals surface area contributed by atoms with Gasteiger partial charge in [0, 0.05) is 36.6 Å². The number of fused-ring (bicyclic) bond motifs is 1. The van der Waals surface area contributed by atoms with Crippen LogP contribution in [-0.4, -0.2) is 75.0 Å². The Morgan fingerprint density at radius 3 is 2.32 bits per heavy atom. The topological polar surface area (TPSA) is 73.8 Å². The van der Waals surface area contributed by atoms with Crippen molar-refractivity contribution in [2.75, 3.05) is 45.4 Å². The second kappa shape index (κ2) is 12.9. The van der Waals surface area contributed by atoms with Crippen LogP contribution >= 0.6 is 35.5 Å². The van der Waals surface area contributed by atoms with Crippen molar-refractivity contribution in [3.05, 3.63) is 48.0 Å². The zero-order valence-electron chi connectivity index (χ0n) is 21.7. The summed E-state index contributed by atoms with van der Waals surface area (Å²) >= 11 is 3.13. The average Bonchev–Trinajstić information content (AvgIpc) is 3.32. The highest BCUT2D eigenvalue weighted by atomic mass is 35.5. The second-order valence-electron chi connectivity index (χ2n) is 9.40. The molecule has 0 aliphatic heterocycles. The monoisotopic (exact) mass is 582 g/mol. The van der Waals surface area contributed by atoms with Gasteiger partial charge in [-0.15, -0.1) is 24.2 Å². The predicted octanol–water partition coefficient (Wildman–Crippen LogP) is 5.60. The smallest absolute Gasteiger partial charge is 0.260 e. The van der Waals surface area contributed by atoms with Crippen LogP contribution < -0.4 is 4.90 Å². The molecular weight excluding hydrogens is 548 g/mol. The van der Waals surface area contributed by atoms with E-state index in [1.807, 2.05) is 43.5 Å². The van der Waals surface area contributed by atoms with Crippen LogP contribution in [0, 0.1) is 0 Å². The summed E-state index contributed by atoms with van der Waals surface area (Å²) in [5.41, 5.74) is 1.34. The number of aromatic nitrogens is 1.